The number of sulfonamides is 1. The highest BCUT2D eigenvalue weighted by molar-refractivity contribution is 7.90. The second kappa shape index (κ2) is 16.5. The smallest absolute Gasteiger partial charge is 0.264 e. The van der Waals surface area contributed by atoms with Gasteiger partial charge in [-0.1, -0.05) is 44.9 Å². The van der Waals surface area contributed by atoms with Gasteiger partial charge < -0.3 is 19.1 Å². The van der Waals surface area contributed by atoms with Gasteiger partial charge in [-0.3, -0.25) is 9.69 Å². The second-order valence-electron chi connectivity index (χ2n) is 15.0. The Morgan fingerprint density at radius 2 is 1.70 bits per heavy atom. The number of likely N-dealkylation sites (N-methyl/N-ethyl adjacent to an activating group) is 1. The van der Waals surface area contributed by atoms with E-state index < -0.39 is 21.2 Å². The molecule has 276 valence electrons. The summed E-state index contributed by atoms with van der Waals surface area (Å²) in [7, 11) is -3.91. The Kier molecular flexibility index (Phi) is 12.4. The maximum Gasteiger partial charge on any atom is 0.264 e. The van der Waals surface area contributed by atoms with Gasteiger partial charge >= 0.3 is 0 Å². The predicted molar refractivity (Wildman–Crippen MR) is 198 cm³/mol. The van der Waals surface area contributed by atoms with Crippen LogP contribution < -0.4 is 14.4 Å². The van der Waals surface area contributed by atoms with Crippen LogP contribution in [0.25, 0.3) is 0 Å². The first-order valence-corrected chi connectivity index (χ1v) is 20.8. The van der Waals surface area contributed by atoms with Crippen molar-refractivity contribution in [1.82, 2.24) is 9.62 Å². The summed E-state index contributed by atoms with van der Waals surface area (Å²) < 4.78 is 49.0. The summed E-state index contributed by atoms with van der Waals surface area (Å²) >= 11 is 6.39. The quantitative estimate of drug-likeness (QED) is 0.358. The molecule has 0 spiro atoms. The molecule has 1 aliphatic carbocycles. The van der Waals surface area contributed by atoms with E-state index >= 15 is 0 Å². The molecule has 0 radical (unpaired) electrons. The van der Waals surface area contributed by atoms with Crippen molar-refractivity contribution in [2.75, 3.05) is 44.3 Å². The molecule has 2 aromatic rings. The average Bonchev–Trinajstić information content (AvgIpc) is 3.12. The summed E-state index contributed by atoms with van der Waals surface area (Å²) in [5, 5.41) is -0.000902. The Morgan fingerprint density at radius 3 is 2.42 bits per heavy atom. The molecule has 0 aromatic heterocycles. The van der Waals surface area contributed by atoms with Crippen molar-refractivity contribution in [3.63, 3.8) is 0 Å². The van der Waals surface area contributed by atoms with Gasteiger partial charge in [-0.05, 0) is 124 Å². The fourth-order valence-corrected chi connectivity index (χ4v) is 10.0. The lowest BCUT2D eigenvalue weighted by atomic mass is 9.65. The van der Waals surface area contributed by atoms with Crippen LogP contribution in [0.2, 0.25) is 5.02 Å². The first kappa shape index (κ1) is 37.4. The summed E-state index contributed by atoms with van der Waals surface area (Å²) in [4.78, 5) is 18.3. The molecule has 50 heavy (non-hydrogen) atoms. The van der Waals surface area contributed by atoms with E-state index in [1.807, 2.05) is 37.3 Å². The fraction of sp³-hybridized carbons (Fsp3) is 0.667. The van der Waals surface area contributed by atoms with Gasteiger partial charge in [0.15, 0.2) is 6.29 Å². The van der Waals surface area contributed by atoms with Gasteiger partial charge in [-0.2, -0.15) is 0 Å². The number of amides is 1. The summed E-state index contributed by atoms with van der Waals surface area (Å²) in [6.45, 7) is 13.3. The van der Waals surface area contributed by atoms with E-state index in [4.69, 9.17) is 25.8 Å². The molecular weight excluding hydrogens is 674 g/mol. The molecule has 1 saturated carbocycles. The number of ether oxygens (including phenoxy) is 3. The fourth-order valence-electron chi connectivity index (χ4n) is 8.50. The topological polar surface area (TPSA) is 97.4 Å². The maximum absolute atomic E-state index is 13.5. The number of carbonyl (C=O) groups excluding carboxylic acids is 1. The van der Waals surface area contributed by atoms with E-state index in [-0.39, 0.29) is 24.2 Å². The second-order valence-corrected chi connectivity index (χ2v) is 17.4. The molecule has 2 bridgehead atoms. The lowest BCUT2D eigenvalue weighted by Crippen LogP contribution is -2.52. The molecule has 3 aliphatic heterocycles. The number of carbonyl (C=O) groups is 1. The molecule has 4 aliphatic rings. The molecular formula is C39H56ClN3O6S. The molecule has 2 aromatic carbocycles. The van der Waals surface area contributed by atoms with Crippen molar-refractivity contribution in [1.29, 1.82) is 0 Å². The average molecular weight is 730 g/mol. The van der Waals surface area contributed by atoms with Crippen LogP contribution >= 0.6 is 11.6 Å². The van der Waals surface area contributed by atoms with Crippen LogP contribution in [-0.2, 0) is 32.5 Å². The minimum atomic E-state index is -3.91. The van der Waals surface area contributed by atoms with Crippen LogP contribution in [0.5, 0.6) is 5.75 Å². The van der Waals surface area contributed by atoms with Gasteiger partial charge in [0, 0.05) is 29.6 Å². The monoisotopic (exact) mass is 729 g/mol. The molecule has 1 saturated heterocycles. The predicted octanol–water partition coefficient (Wildman–Crippen LogP) is 7.06. The van der Waals surface area contributed by atoms with Gasteiger partial charge in [-0.15, -0.1) is 0 Å². The third kappa shape index (κ3) is 8.46. The molecule has 11 heteroatoms. The molecule has 9 nitrogen and oxygen atoms in total. The minimum absolute atomic E-state index is 0.125. The molecule has 1 amide bonds. The van der Waals surface area contributed by atoms with E-state index in [0.29, 0.717) is 43.0 Å². The molecule has 0 unspecified atom stereocenters. The van der Waals surface area contributed by atoms with Crippen molar-refractivity contribution in [3.05, 3.63) is 58.1 Å². The highest BCUT2D eigenvalue weighted by Gasteiger charge is 2.44. The Bertz CT molecular complexity index is 1580. The SMILES string of the molecule is CCN(CC)[C@H]1CO[C@H]([C@@H]2CCC[C@H](C)[C@@H](C)S(=O)(=O)NC(=O)c3ccc4c(c3)N(CCCCc3cc(Cl)ccc3CO4)C[C@@H]3CC[C@H]32)OC1. The van der Waals surface area contributed by atoms with Gasteiger partial charge in [0.25, 0.3) is 5.91 Å². The van der Waals surface area contributed by atoms with E-state index in [2.05, 4.69) is 28.4 Å². The minimum Gasteiger partial charge on any atom is -0.487 e. The molecule has 6 rings (SSSR count). The Hall–Kier alpha value is -2.37. The van der Waals surface area contributed by atoms with Crippen LogP contribution in [0.4, 0.5) is 5.69 Å². The van der Waals surface area contributed by atoms with Crippen LogP contribution in [0.3, 0.4) is 0 Å². The number of fused-ring (bicyclic) bond motifs is 3. The maximum atomic E-state index is 13.5. The standard InChI is InChI=1S/C39H56ClN3O6S/c1-5-42(6-2)33-24-48-39(49-25-33)35-12-9-10-26(3)27(4)50(45,46)41-38(44)29-15-18-37-36(21-29)43(22-30-14-17-34(30)35)19-8-7-11-28-20-32(40)16-13-31(28)23-47-37/h13,15-16,18,20-21,26-27,30,33-35,39H,5-12,14,17,19,22-25H2,1-4H3,(H,41,44)/t26-,27+,30-,33-,34+,35+,39-/m0/s1. The zero-order valence-electron chi connectivity index (χ0n) is 30.2. The number of nitrogens with one attached hydrogen (secondary N) is 1. The van der Waals surface area contributed by atoms with Crippen LogP contribution in [0.1, 0.15) is 94.1 Å². The number of benzene rings is 2. The summed E-state index contributed by atoms with van der Waals surface area (Å²) in [5.41, 5.74) is 3.43. The molecule has 3 heterocycles. The Balaban J connectivity index is 1.33. The van der Waals surface area contributed by atoms with E-state index in [1.165, 1.54) is 5.56 Å². The van der Waals surface area contributed by atoms with Gasteiger partial charge in [-0.25, -0.2) is 13.1 Å². The third-order valence-corrected chi connectivity index (χ3v) is 14.2. The van der Waals surface area contributed by atoms with Crippen molar-refractivity contribution in [3.8, 4) is 5.75 Å². The first-order valence-electron chi connectivity index (χ1n) is 18.9. The number of anilines is 1. The van der Waals surface area contributed by atoms with Crippen LogP contribution in [0, 0.1) is 23.7 Å². The normalized spacial score (nSPS) is 30.9. The highest BCUT2D eigenvalue weighted by atomic mass is 35.5. The number of halogens is 1. The first-order chi connectivity index (χ1) is 24.1. The largest absolute Gasteiger partial charge is 0.487 e. The zero-order valence-corrected chi connectivity index (χ0v) is 31.8. The lowest BCUT2D eigenvalue weighted by Gasteiger charge is -2.48. The molecule has 2 fully saturated rings. The third-order valence-electron chi connectivity index (χ3n) is 12.0. The van der Waals surface area contributed by atoms with E-state index in [0.717, 1.165) is 93.8 Å². The van der Waals surface area contributed by atoms with Gasteiger partial charge in [0.2, 0.25) is 10.0 Å². The number of rotatable bonds is 4. The number of aryl methyl sites for hydroxylation is 1. The number of nitrogens with zero attached hydrogens (tertiary/aromatic N) is 2. The summed E-state index contributed by atoms with van der Waals surface area (Å²) in [6.07, 6.45) is 7.36. The number of hydrogen-bond acceptors (Lipinski definition) is 8. The number of hydrogen-bond donors (Lipinski definition) is 1. The van der Waals surface area contributed by atoms with E-state index in [9.17, 15) is 13.2 Å². The van der Waals surface area contributed by atoms with Gasteiger partial charge in [0.1, 0.15) is 12.4 Å². The van der Waals surface area contributed by atoms with Crippen molar-refractivity contribution < 1.29 is 27.4 Å². The van der Waals surface area contributed by atoms with Crippen molar-refractivity contribution in [2.24, 2.45) is 23.7 Å². The van der Waals surface area contributed by atoms with Crippen molar-refractivity contribution >= 4 is 33.2 Å². The molecule has 5 atom stereocenters. The van der Waals surface area contributed by atoms with Crippen LogP contribution in [-0.4, -0.2) is 76.2 Å². The summed E-state index contributed by atoms with van der Waals surface area (Å²) in [6, 6.07) is 11.6. The Morgan fingerprint density at radius 1 is 0.920 bits per heavy atom. The van der Waals surface area contributed by atoms with Crippen LogP contribution in [0.15, 0.2) is 36.4 Å². The summed E-state index contributed by atoms with van der Waals surface area (Å²) in [5.74, 6) is 1.04. The van der Waals surface area contributed by atoms with Gasteiger partial charge in [0.05, 0.1) is 30.2 Å². The highest BCUT2D eigenvalue weighted by Crippen LogP contribution is 2.46. The zero-order chi connectivity index (χ0) is 35.4. The lowest BCUT2D eigenvalue weighted by molar-refractivity contribution is -0.243. The molecule has 1 N–H and O–H groups in total. The Labute approximate surface area is 304 Å². The van der Waals surface area contributed by atoms with E-state index in [1.54, 1.807) is 13.0 Å². The van der Waals surface area contributed by atoms with Crippen molar-refractivity contribution in [2.45, 2.75) is 103 Å².